The van der Waals surface area contributed by atoms with Crippen LogP contribution in [0.4, 0.5) is 10.8 Å². The summed E-state index contributed by atoms with van der Waals surface area (Å²) in [7, 11) is 0. The van der Waals surface area contributed by atoms with E-state index in [1.165, 1.54) is 11.5 Å². The summed E-state index contributed by atoms with van der Waals surface area (Å²) in [6.07, 6.45) is 4.16. The first-order valence-corrected chi connectivity index (χ1v) is 10.8. The molecule has 2 aromatic rings. The predicted molar refractivity (Wildman–Crippen MR) is 120 cm³/mol. The third kappa shape index (κ3) is 5.69. The number of piperidine rings is 1. The molecule has 0 unspecified atom stereocenters. The van der Waals surface area contributed by atoms with Gasteiger partial charge in [0.25, 0.3) is 0 Å². The second kappa shape index (κ2) is 8.01. The van der Waals surface area contributed by atoms with Crippen LogP contribution < -0.4 is 16.0 Å². The van der Waals surface area contributed by atoms with Gasteiger partial charge in [-0.05, 0) is 72.1 Å². The van der Waals surface area contributed by atoms with Crippen LogP contribution in [0.15, 0.2) is 23.9 Å². The molecule has 1 fully saturated rings. The van der Waals surface area contributed by atoms with Gasteiger partial charge in [0.1, 0.15) is 0 Å². The molecule has 1 aliphatic rings. The Kier molecular flexibility index (Phi) is 6.03. The Morgan fingerprint density at radius 3 is 2.57 bits per heavy atom. The summed E-state index contributed by atoms with van der Waals surface area (Å²) in [6.45, 7) is 13.1. The molecule has 152 valence electrons. The Balaban J connectivity index is 1.64. The molecule has 0 atom stereocenters. The van der Waals surface area contributed by atoms with E-state index >= 15 is 0 Å². The molecule has 3 N–H and O–H groups in total. The fourth-order valence-corrected chi connectivity index (χ4v) is 4.87. The van der Waals surface area contributed by atoms with E-state index in [0.717, 1.165) is 39.9 Å². The summed E-state index contributed by atoms with van der Waals surface area (Å²) >= 11 is 7.54. The highest BCUT2D eigenvalue weighted by molar-refractivity contribution is 7.09. The van der Waals surface area contributed by atoms with Crippen molar-refractivity contribution < 1.29 is 0 Å². The number of allylic oxidation sites excluding steroid dienone is 1. The van der Waals surface area contributed by atoms with E-state index < -0.39 is 0 Å². The minimum Gasteiger partial charge on any atom is -0.386 e. The van der Waals surface area contributed by atoms with Gasteiger partial charge in [0.05, 0.1) is 0 Å². The third-order valence-corrected chi connectivity index (χ3v) is 5.88. The quantitative estimate of drug-likeness (QED) is 0.597. The maximum Gasteiger partial charge on any atom is 0.207 e. The van der Waals surface area contributed by atoms with Crippen molar-refractivity contribution in [3.8, 4) is 0 Å². The fraction of sp³-hybridized carbons (Fsp3) is 0.524. The smallest absolute Gasteiger partial charge is 0.207 e. The van der Waals surface area contributed by atoms with Crippen LogP contribution in [0.25, 0.3) is 6.08 Å². The lowest BCUT2D eigenvalue weighted by molar-refractivity contribution is 0.151. The van der Waals surface area contributed by atoms with Crippen molar-refractivity contribution in [1.82, 2.24) is 20.0 Å². The lowest BCUT2D eigenvalue weighted by atomic mass is 9.79. The molecule has 5 nitrogen and oxygen atoms in total. The van der Waals surface area contributed by atoms with Crippen molar-refractivity contribution in [2.75, 3.05) is 5.32 Å². The van der Waals surface area contributed by atoms with E-state index in [0.29, 0.717) is 11.9 Å². The molecule has 28 heavy (non-hydrogen) atoms. The van der Waals surface area contributed by atoms with Crippen molar-refractivity contribution in [2.24, 2.45) is 0 Å². The van der Waals surface area contributed by atoms with Crippen LogP contribution in [0.2, 0.25) is 5.02 Å². The minimum absolute atomic E-state index is 0.116. The molecule has 3 rings (SSSR count). The minimum atomic E-state index is 0.116. The second-order valence-electron chi connectivity index (χ2n) is 9.02. The van der Waals surface area contributed by atoms with Gasteiger partial charge in [-0.3, -0.25) is 0 Å². The Bertz CT molecular complexity index is 855. The molecule has 0 bridgehead atoms. The van der Waals surface area contributed by atoms with Gasteiger partial charge in [-0.15, -0.1) is 0 Å². The van der Waals surface area contributed by atoms with Gasteiger partial charge >= 0.3 is 0 Å². The fourth-order valence-electron chi connectivity index (χ4n) is 4.12. The van der Waals surface area contributed by atoms with Crippen molar-refractivity contribution in [3.63, 3.8) is 0 Å². The molecule has 0 aliphatic carbocycles. The van der Waals surface area contributed by atoms with Gasteiger partial charge < -0.3 is 16.0 Å². The van der Waals surface area contributed by atoms with Gasteiger partial charge in [-0.2, -0.15) is 9.36 Å². The number of nitrogens with one attached hydrogen (secondary N) is 3. The Morgan fingerprint density at radius 1 is 1.25 bits per heavy atom. The molecule has 2 heterocycles. The van der Waals surface area contributed by atoms with Gasteiger partial charge in [0.15, 0.2) is 5.82 Å². The van der Waals surface area contributed by atoms with E-state index in [1.807, 2.05) is 31.2 Å². The van der Waals surface area contributed by atoms with Crippen LogP contribution in [0.1, 0.15) is 58.8 Å². The van der Waals surface area contributed by atoms with Crippen LogP contribution in [-0.4, -0.2) is 26.5 Å². The third-order valence-electron chi connectivity index (χ3n) is 4.83. The lowest BCUT2D eigenvalue weighted by Crippen LogP contribution is -2.61. The molecule has 0 spiro atoms. The molecule has 1 aromatic heterocycles. The Hall–Kier alpha value is -1.63. The maximum absolute atomic E-state index is 6.19. The van der Waals surface area contributed by atoms with Crippen LogP contribution in [0, 0.1) is 6.92 Å². The molecular weight excluding hydrogens is 390 g/mol. The van der Waals surface area contributed by atoms with E-state index in [1.54, 1.807) is 0 Å². The number of benzene rings is 1. The van der Waals surface area contributed by atoms with Crippen LogP contribution in [0.3, 0.4) is 0 Å². The van der Waals surface area contributed by atoms with Gasteiger partial charge in [0, 0.05) is 51.1 Å². The lowest BCUT2D eigenvalue weighted by Gasteiger charge is -2.47. The summed E-state index contributed by atoms with van der Waals surface area (Å²) in [5, 5.41) is 12.1. The standard InChI is InChI=1S/C21H30ClN5S/c1-13-7-8-15(10-17(13)22)24-19-25-18(26-28-19)9-14(2)23-16-11-20(3,4)27-21(5,6)12-16/h7-10,16,23,27H,11-12H2,1-6H3,(H,24,25,26). The summed E-state index contributed by atoms with van der Waals surface area (Å²) in [4.78, 5) is 4.57. The highest BCUT2D eigenvalue weighted by Crippen LogP contribution is 2.29. The first kappa shape index (κ1) is 21.1. The highest BCUT2D eigenvalue weighted by Gasteiger charge is 2.37. The maximum atomic E-state index is 6.19. The monoisotopic (exact) mass is 419 g/mol. The Morgan fingerprint density at radius 2 is 1.93 bits per heavy atom. The first-order chi connectivity index (χ1) is 13.0. The molecule has 0 saturated carbocycles. The number of aryl methyl sites for hydroxylation is 1. The number of aromatic nitrogens is 2. The van der Waals surface area contributed by atoms with E-state index in [4.69, 9.17) is 11.6 Å². The highest BCUT2D eigenvalue weighted by atomic mass is 35.5. The molecule has 1 saturated heterocycles. The molecule has 0 amide bonds. The van der Waals surface area contributed by atoms with Crippen molar-refractivity contribution in [3.05, 3.63) is 40.3 Å². The van der Waals surface area contributed by atoms with Crippen LogP contribution >= 0.6 is 23.1 Å². The molecular formula is C21H30ClN5S. The molecule has 1 aliphatic heterocycles. The summed E-state index contributed by atoms with van der Waals surface area (Å²) in [5.74, 6) is 0.711. The number of rotatable bonds is 5. The predicted octanol–water partition coefficient (Wildman–Crippen LogP) is 5.50. The molecule has 0 radical (unpaired) electrons. The largest absolute Gasteiger partial charge is 0.386 e. The number of hydrogen-bond acceptors (Lipinski definition) is 6. The van der Waals surface area contributed by atoms with Crippen molar-refractivity contribution in [1.29, 1.82) is 0 Å². The van der Waals surface area contributed by atoms with Crippen LogP contribution in [-0.2, 0) is 0 Å². The van der Waals surface area contributed by atoms with Gasteiger partial charge in [0.2, 0.25) is 5.13 Å². The normalized spacial score (nSPS) is 19.5. The SMILES string of the molecule is CC(=Cc1nsc(Nc2ccc(C)c(Cl)c2)n1)NC1CC(C)(C)NC(C)(C)C1. The Labute approximate surface area is 177 Å². The number of halogens is 1. The number of anilines is 2. The van der Waals surface area contributed by atoms with Gasteiger partial charge in [-0.1, -0.05) is 17.7 Å². The number of hydrogen-bond donors (Lipinski definition) is 3. The molecule has 7 heteroatoms. The zero-order valence-corrected chi connectivity index (χ0v) is 19.1. The van der Waals surface area contributed by atoms with Crippen molar-refractivity contribution >= 4 is 40.0 Å². The average molecular weight is 420 g/mol. The number of nitrogens with zero attached hydrogens (tertiary/aromatic N) is 2. The summed E-state index contributed by atoms with van der Waals surface area (Å²) in [5.41, 5.74) is 3.28. The molecule has 1 aromatic carbocycles. The van der Waals surface area contributed by atoms with E-state index in [-0.39, 0.29) is 11.1 Å². The van der Waals surface area contributed by atoms with E-state index in [9.17, 15) is 0 Å². The topological polar surface area (TPSA) is 61.9 Å². The summed E-state index contributed by atoms with van der Waals surface area (Å²) < 4.78 is 4.45. The second-order valence-corrected chi connectivity index (χ2v) is 10.2. The zero-order chi connectivity index (χ0) is 20.5. The van der Waals surface area contributed by atoms with Gasteiger partial charge in [-0.25, -0.2) is 0 Å². The van der Waals surface area contributed by atoms with E-state index in [2.05, 4.69) is 59.9 Å². The van der Waals surface area contributed by atoms with Crippen molar-refractivity contribution in [2.45, 2.75) is 71.5 Å². The summed E-state index contributed by atoms with van der Waals surface area (Å²) in [6, 6.07) is 6.31. The first-order valence-electron chi connectivity index (χ1n) is 9.62. The van der Waals surface area contributed by atoms with Crippen LogP contribution in [0.5, 0.6) is 0 Å². The zero-order valence-electron chi connectivity index (χ0n) is 17.5. The average Bonchev–Trinajstić information content (AvgIpc) is 2.94.